The summed E-state index contributed by atoms with van der Waals surface area (Å²) in [7, 11) is 0. The zero-order valence-electron chi connectivity index (χ0n) is 10.6. The van der Waals surface area contributed by atoms with E-state index in [-0.39, 0.29) is 12.1 Å². The molecule has 0 atom stereocenters. The lowest BCUT2D eigenvalue weighted by Gasteiger charge is -2.09. The second-order valence-electron chi connectivity index (χ2n) is 4.46. The Morgan fingerprint density at radius 1 is 1.44 bits per heavy atom. The summed E-state index contributed by atoms with van der Waals surface area (Å²) < 4.78 is 5.17. The van der Waals surface area contributed by atoms with E-state index in [4.69, 9.17) is 4.42 Å². The van der Waals surface area contributed by atoms with E-state index in [1.807, 2.05) is 32.0 Å². The van der Waals surface area contributed by atoms with Crippen molar-refractivity contribution in [3.05, 3.63) is 30.2 Å². The molecule has 2 amide bonds. The van der Waals surface area contributed by atoms with Crippen LogP contribution in [0.5, 0.6) is 0 Å². The van der Waals surface area contributed by atoms with Gasteiger partial charge in [-0.05, 0) is 38.0 Å². The summed E-state index contributed by atoms with van der Waals surface area (Å²) in [5, 5.41) is 5.59. The molecule has 2 aromatic rings. The SMILES string of the molecule is CC(C)NC(=O)NCCc1ccc2ocnc2c1. The Hall–Kier alpha value is -2.04. The highest BCUT2D eigenvalue weighted by Gasteiger charge is 2.03. The topological polar surface area (TPSA) is 67.2 Å². The number of carbonyl (C=O) groups excluding carboxylic acids is 1. The van der Waals surface area contributed by atoms with Crippen molar-refractivity contribution in [2.75, 3.05) is 6.54 Å². The number of oxazole rings is 1. The van der Waals surface area contributed by atoms with Crippen LogP contribution < -0.4 is 10.6 Å². The second-order valence-corrected chi connectivity index (χ2v) is 4.46. The Bertz CT molecular complexity index is 534. The number of hydrogen-bond acceptors (Lipinski definition) is 3. The lowest BCUT2D eigenvalue weighted by molar-refractivity contribution is 0.238. The van der Waals surface area contributed by atoms with Gasteiger partial charge in [-0.3, -0.25) is 0 Å². The molecule has 0 unspecified atom stereocenters. The molecule has 0 spiro atoms. The van der Waals surface area contributed by atoms with Crippen molar-refractivity contribution >= 4 is 17.1 Å². The quantitative estimate of drug-likeness (QED) is 0.869. The van der Waals surface area contributed by atoms with Crippen molar-refractivity contribution in [3.8, 4) is 0 Å². The number of urea groups is 1. The van der Waals surface area contributed by atoms with Crippen LogP contribution in [0.3, 0.4) is 0 Å². The third-order valence-electron chi connectivity index (χ3n) is 2.51. The summed E-state index contributed by atoms with van der Waals surface area (Å²) in [5.41, 5.74) is 2.75. The van der Waals surface area contributed by atoms with Gasteiger partial charge in [0.25, 0.3) is 0 Å². The molecule has 1 heterocycles. The van der Waals surface area contributed by atoms with Crippen LogP contribution in [0.2, 0.25) is 0 Å². The van der Waals surface area contributed by atoms with E-state index < -0.39 is 0 Å². The number of amides is 2. The summed E-state index contributed by atoms with van der Waals surface area (Å²) in [6.07, 6.45) is 2.21. The van der Waals surface area contributed by atoms with Crippen molar-refractivity contribution in [3.63, 3.8) is 0 Å². The number of nitrogens with one attached hydrogen (secondary N) is 2. The lowest BCUT2D eigenvalue weighted by Crippen LogP contribution is -2.40. The molecule has 5 heteroatoms. The van der Waals surface area contributed by atoms with Crippen LogP contribution in [-0.4, -0.2) is 23.6 Å². The average molecular weight is 247 g/mol. The molecule has 0 fully saturated rings. The molecule has 0 aliphatic rings. The summed E-state index contributed by atoms with van der Waals surface area (Å²) in [6.45, 7) is 4.46. The number of hydrogen-bond donors (Lipinski definition) is 2. The molecule has 0 saturated heterocycles. The molecule has 5 nitrogen and oxygen atoms in total. The van der Waals surface area contributed by atoms with Crippen molar-refractivity contribution in [2.24, 2.45) is 0 Å². The maximum absolute atomic E-state index is 11.4. The predicted octanol–water partition coefficient (Wildman–Crippen LogP) is 2.08. The fourth-order valence-electron chi connectivity index (χ4n) is 1.69. The second kappa shape index (κ2) is 5.53. The van der Waals surface area contributed by atoms with Crippen molar-refractivity contribution in [1.29, 1.82) is 0 Å². The minimum Gasteiger partial charge on any atom is -0.443 e. The van der Waals surface area contributed by atoms with Crippen LogP contribution in [0.25, 0.3) is 11.1 Å². The monoisotopic (exact) mass is 247 g/mol. The fraction of sp³-hybridized carbons (Fsp3) is 0.385. The number of rotatable bonds is 4. The van der Waals surface area contributed by atoms with Gasteiger partial charge < -0.3 is 15.1 Å². The van der Waals surface area contributed by atoms with Crippen molar-refractivity contribution in [1.82, 2.24) is 15.6 Å². The van der Waals surface area contributed by atoms with Crippen LogP contribution in [-0.2, 0) is 6.42 Å². The molecule has 0 bridgehead atoms. The van der Waals surface area contributed by atoms with Gasteiger partial charge in [-0.15, -0.1) is 0 Å². The Morgan fingerprint density at radius 2 is 2.28 bits per heavy atom. The van der Waals surface area contributed by atoms with Crippen LogP contribution in [0.15, 0.2) is 29.0 Å². The van der Waals surface area contributed by atoms with E-state index in [0.717, 1.165) is 23.1 Å². The van der Waals surface area contributed by atoms with Gasteiger partial charge in [-0.25, -0.2) is 9.78 Å². The van der Waals surface area contributed by atoms with Gasteiger partial charge in [-0.1, -0.05) is 6.07 Å². The minimum atomic E-state index is -0.132. The first-order valence-electron chi connectivity index (χ1n) is 6.01. The molecular weight excluding hydrogens is 230 g/mol. The zero-order valence-corrected chi connectivity index (χ0v) is 10.6. The molecule has 2 rings (SSSR count). The van der Waals surface area contributed by atoms with Gasteiger partial charge in [0.05, 0.1) is 0 Å². The first-order valence-corrected chi connectivity index (χ1v) is 6.01. The highest BCUT2D eigenvalue weighted by atomic mass is 16.3. The van der Waals surface area contributed by atoms with E-state index in [9.17, 15) is 4.79 Å². The third kappa shape index (κ3) is 3.23. The molecule has 0 radical (unpaired) electrons. The van der Waals surface area contributed by atoms with E-state index in [2.05, 4.69) is 15.6 Å². The zero-order chi connectivity index (χ0) is 13.0. The van der Waals surface area contributed by atoms with E-state index >= 15 is 0 Å². The smallest absolute Gasteiger partial charge is 0.314 e. The Labute approximate surface area is 106 Å². The first kappa shape index (κ1) is 12.4. The van der Waals surface area contributed by atoms with Crippen molar-refractivity contribution < 1.29 is 9.21 Å². The van der Waals surface area contributed by atoms with Gasteiger partial charge in [0.2, 0.25) is 0 Å². The van der Waals surface area contributed by atoms with E-state index in [1.165, 1.54) is 6.39 Å². The Balaban J connectivity index is 1.84. The number of aromatic nitrogens is 1. The molecule has 0 saturated carbocycles. The predicted molar refractivity (Wildman–Crippen MR) is 69.4 cm³/mol. The van der Waals surface area contributed by atoms with Gasteiger partial charge in [-0.2, -0.15) is 0 Å². The Kier molecular flexibility index (Phi) is 3.82. The van der Waals surface area contributed by atoms with Crippen LogP contribution >= 0.6 is 0 Å². The summed E-state index contributed by atoms with van der Waals surface area (Å²) in [4.78, 5) is 15.5. The van der Waals surface area contributed by atoms with Gasteiger partial charge in [0, 0.05) is 12.6 Å². The fourth-order valence-corrected chi connectivity index (χ4v) is 1.69. The molecule has 2 N–H and O–H groups in total. The number of benzene rings is 1. The highest BCUT2D eigenvalue weighted by Crippen LogP contribution is 2.14. The van der Waals surface area contributed by atoms with Crippen LogP contribution in [0, 0.1) is 0 Å². The molecular formula is C13H17N3O2. The van der Waals surface area contributed by atoms with Crippen LogP contribution in [0.1, 0.15) is 19.4 Å². The normalized spacial score (nSPS) is 10.8. The minimum absolute atomic E-state index is 0.132. The number of fused-ring (bicyclic) bond motifs is 1. The lowest BCUT2D eigenvalue weighted by atomic mass is 10.1. The first-order chi connectivity index (χ1) is 8.65. The molecule has 0 aliphatic heterocycles. The standard InChI is InChI=1S/C13H17N3O2/c1-9(2)16-13(17)14-6-5-10-3-4-12-11(7-10)15-8-18-12/h3-4,7-9H,5-6H2,1-2H3,(H2,14,16,17). The summed E-state index contributed by atoms with van der Waals surface area (Å²) in [5.74, 6) is 0. The highest BCUT2D eigenvalue weighted by molar-refractivity contribution is 5.74. The molecule has 1 aromatic carbocycles. The van der Waals surface area contributed by atoms with Gasteiger partial charge in [0.15, 0.2) is 12.0 Å². The summed E-state index contributed by atoms with van der Waals surface area (Å²) in [6, 6.07) is 5.87. The van der Waals surface area contributed by atoms with Gasteiger partial charge >= 0.3 is 6.03 Å². The maximum atomic E-state index is 11.4. The van der Waals surface area contributed by atoms with Crippen molar-refractivity contribution in [2.45, 2.75) is 26.3 Å². The van der Waals surface area contributed by atoms with Gasteiger partial charge in [0.1, 0.15) is 5.52 Å². The number of nitrogens with zero attached hydrogens (tertiary/aromatic N) is 1. The summed E-state index contributed by atoms with van der Waals surface area (Å²) >= 11 is 0. The molecule has 1 aromatic heterocycles. The molecule has 0 aliphatic carbocycles. The average Bonchev–Trinajstić information content (AvgIpc) is 2.75. The van der Waals surface area contributed by atoms with E-state index in [1.54, 1.807) is 0 Å². The molecule has 96 valence electrons. The molecule has 18 heavy (non-hydrogen) atoms. The largest absolute Gasteiger partial charge is 0.443 e. The van der Waals surface area contributed by atoms with Crippen LogP contribution in [0.4, 0.5) is 4.79 Å². The Morgan fingerprint density at radius 3 is 3.06 bits per heavy atom. The van der Waals surface area contributed by atoms with E-state index in [0.29, 0.717) is 6.54 Å². The third-order valence-corrected chi connectivity index (χ3v) is 2.51. The maximum Gasteiger partial charge on any atom is 0.314 e. The number of carbonyl (C=O) groups is 1.